The predicted molar refractivity (Wildman–Crippen MR) is 74.7 cm³/mol. The summed E-state index contributed by atoms with van der Waals surface area (Å²) in [7, 11) is 0. The summed E-state index contributed by atoms with van der Waals surface area (Å²) in [5, 5.41) is 11.9. The molecule has 0 bridgehead atoms. The van der Waals surface area contributed by atoms with Gasteiger partial charge in [-0.1, -0.05) is 44.2 Å². The molecule has 0 unspecified atom stereocenters. The van der Waals surface area contributed by atoms with Gasteiger partial charge in [0.2, 0.25) is 0 Å². The van der Waals surface area contributed by atoms with Gasteiger partial charge in [-0.15, -0.1) is 0 Å². The van der Waals surface area contributed by atoms with E-state index in [2.05, 4.69) is 41.3 Å². The number of anilines is 1. The van der Waals surface area contributed by atoms with Crippen molar-refractivity contribution in [2.45, 2.75) is 19.3 Å². The lowest BCUT2D eigenvalue weighted by molar-refractivity contribution is 0.556. The van der Waals surface area contributed by atoms with Gasteiger partial charge in [-0.3, -0.25) is 0 Å². The molecule has 2 aromatic rings. The van der Waals surface area contributed by atoms with Crippen molar-refractivity contribution in [2.75, 3.05) is 11.9 Å². The van der Waals surface area contributed by atoms with Crippen molar-refractivity contribution >= 4 is 5.82 Å². The Morgan fingerprint density at radius 1 is 1.16 bits per heavy atom. The van der Waals surface area contributed by atoms with E-state index in [9.17, 15) is 0 Å². The first-order valence-electron chi connectivity index (χ1n) is 6.13. The van der Waals surface area contributed by atoms with Gasteiger partial charge in [-0.2, -0.15) is 5.26 Å². The molecule has 4 nitrogen and oxygen atoms in total. The Labute approximate surface area is 113 Å². The van der Waals surface area contributed by atoms with E-state index in [4.69, 9.17) is 5.26 Å². The second kappa shape index (κ2) is 5.49. The Bertz CT molecular complexity index is 567. The third kappa shape index (κ3) is 3.29. The van der Waals surface area contributed by atoms with Crippen LogP contribution in [0.3, 0.4) is 0 Å². The van der Waals surface area contributed by atoms with Gasteiger partial charge in [-0.25, -0.2) is 9.97 Å². The summed E-state index contributed by atoms with van der Waals surface area (Å²) < 4.78 is 0. The number of hydrogen-bond acceptors (Lipinski definition) is 4. The maximum absolute atomic E-state index is 8.66. The average molecular weight is 252 g/mol. The SMILES string of the molecule is CC(C)(CNc1cnc(C#N)cn1)c1ccccc1. The van der Waals surface area contributed by atoms with Gasteiger partial charge in [0.05, 0.1) is 12.4 Å². The molecule has 0 aliphatic heterocycles. The number of nitrogens with zero attached hydrogens (tertiary/aromatic N) is 3. The lowest BCUT2D eigenvalue weighted by Gasteiger charge is -2.25. The van der Waals surface area contributed by atoms with Gasteiger partial charge in [-0.05, 0) is 5.56 Å². The van der Waals surface area contributed by atoms with Crippen LogP contribution in [0.25, 0.3) is 0 Å². The van der Waals surface area contributed by atoms with Gasteiger partial charge in [0, 0.05) is 12.0 Å². The summed E-state index contributed by atoms with van der Waals surface area (Å²) in [5.74, 6) is 0.683. The molecule has 4 heteroatoms. The van der Waals surface area contributed by atoms with Gasteiger partial charge >= 0.3 is 0 Å². The summed E-state index contributed by atoms with van der Waals surface area (Å²) in [6, 6.07) is 12.3. The monoisotopic (exact) mass is 252 g/mol. The van der Waals surface area contributed by atoms with Gasteiger partial charge in [0.15, 0.2) is 5.69 Å². The highest BCUT2D eigenvalue weighted by Crippen LogP contribution is 2.22. The highest BCUT2D eigenvalue weighted by atomic mass is 15.0. The molecule has 0 aliphatic carbocycles. The molecule has 0 saturated heterocycles. The van der Waals surface area contributed by atoms with E-state index in [0.29, 0.717) is 11.5 Å². The van der Waals surface area contributed by atoms with Crippen LogP contribution in [0.1, 0.15) is 25.1 Å². The maximum atomic E-state index is 8.66. The first-order valence-corrected chi connectivity index (χ1v) is 6.13. The number of nitriles is 1. The number of nitrogens with one attached hydrogen (secondary N) is 1. The van der Waals surface area contributed by atoms with Crippen molar-refractivity contribution in [3.63, 3.8) is 0 Å². The number of rotatable bonds is 4. The molecular weight excluding hydrogens is 236 g/mol. The molecule has 1 N–H and O–H groups in total. The number of hydrogen-bond donors (Lipinski definition) is 1. The Kier molecular flexibility index (Phi) is 3.76. The molecular formula is C15H16N4. The molecule has 0 fully saturated rings. The Balaban J connectivity index is 2.03. The predicted octanol–water partition coefficient (Wildman–Crippen LogP) is 2.74. The minimum Gasteiger partial charge on any atom is -0.368 e. The lowest BCUT2D eigenvalue weighted by Crippen LogP contribution is -2.27. The highest BCUT2D eigenvalue weighted by molar-refractivity contribution is 5.35. The Hall–Kier alpha value is -2.41. The minimum atomic E-state index is -0.00313. The molecule has 0 saturated carbocycles. The second-order valence-electron chi connectivity index (χ2n) is 5.00. The van der Waals surface area contributed by atoms with Crippen molar-refractivity contribution in [1.82, 2.24) is 9.97 Å². The fourth-order valence-electron chi connectivity index (χ4n) is 1.78. The van der Waals surface area contributed by atoms with E-state index in [0.717, 1.165) is 6.54 Å². The molecule has 2 rings (SSSR count). The zero-order valence-electron chi connectivity index (χ0n) is 11.1. The van der Waals surface area contributed by atoms with Crippen molar-refractivity contribution in [3.05, 3.63) is 54.0 Å². The smallest absolute Gasteiger partial charge is 0.158 e. The molecule has 0 atom stereocenters. The Morgan fingerprint density at radius 2 is 1.89 bits per heavy atom. The molecule has 19 heavy (non-hydrogen) atoms. The van der Waals surface area contributed by atoms with Gasteiger partial charge < -0.3 is 5.32 Å². The zero-order valence-corrected chi connectivity index (χ0v) is 11.1. The summed E-state index contributed by atoms with van der Waals surface area (Å²) in [6.07, 6.45) is 3.05. The van der Waals surface area contributed by atoms with Gasteiger partial charge in [0.1, 0.15) is 11.9 Å². The minimum absolute atomic E-state index is 0.00313. The summed E-state index contributed by atoms with van der Waals surface area (Å²) in [6.45, 7) is 5.09. The standard InChI is InChI=1S/C15H16N4/c1-15(2,12-6-4-3-5-7-12)11-19-14-10-17-13(8-16)9-18-14/h3-7,9-10H,11H2,1-2H3,(H,18,19). The zero-order chi connectivity index (χ0) is 13.7. The molecule has 96 valence electrons. The van der Waals surface area contributed by atoms with Gasteiger partial charge in [0.25, 0.3) is 0 Å². The molecule has 1 aromatic carbocycles. The van der Waals surface area contributed by atoms with Crippen LogP contribution < -0.4 is 5.32 Å². The van der Waals surface area contributed by atoms with Crippen LogP contribution in [0.5, 0.6) is 0 Å². The van der Waals surface area contributed by atoms with Crippen molar-refractivity contribution in [2.24, 2.45) is 0 Å². The summed E-state index contributed by atoms with van der Waals surface area (Å²) in [4.78, 5) is 8.13. The molecule has 1 heterocycles. The first-order chi connectivity index (χ1) is 9.12. The van der Waals surface area contributed by atoms with E-state index >= 15 is 0 Å². The maximum Gasteiger partial charge on any atom is 0.158 e. The molecule has 1 aromatic heterocycles. The Morgan fingerprint density at radius 3 is 2.47 bits per heavy atom. The van der Waals surface area contributed by atoms with Crippen LogP contribution in [0.4, 0.5) is 5.82 Å². The van der Waals surface area contributed by atoms with E-state index in [1.54, 1.807) is 6.20 Å². The molecule has 0 aliphatic rings. The lowest BCUT2D eigenvalue weighted by atomic mass is 9.85. The fraction of sp³-hybridized carbons (Fsp3) is 0.267. The molecule has 0 amide bonds. The number of benzene rings is 1. The third-order valence-corrected chi connectivity index (χ3v) is 3.03. The summed E-state index contributed by atoms with van der Waals surface area (Å²) in [5.41, 5.74) is 1.59. The quantitative estimate of drug-likeness (QED) is 0.908. The van der Waals surface area contributed by atoms with Crippen LogP contribution >= 0.6 is 0 Å². The molecule has 0 radical (unpaired) electrons. The van der Waals surface area contributed by atoms with E-state index < -0.39 is 0 Å². The van der Waals surface area contributed by atoms with Crippen molar-refractivity contribution < 1.29 is 0 Å². The van der Waals surface area contributed by atoms with Crippen LogP contribution in [-0.4, -0.2) is 16.5 Å². The average Bonchev–Trinajstić information content (AvgIpc) is 2.47. The summed E-state index contributed by atoms with van der Waals surface area (Å²) >= 11 is 0. The van der Waals surface area contributed by atoms with Crippen LogP contribution in [0.15, 0.2) is 42.7 Å². The number of aromatic nitrogens is 2. The van der Waals surface area contributed by atoms with Crippen LogP contribution in [0.2, 0.25) is 0 Å². The third-order valence-electron chi connectivity index (χ3n) is 3.03. The van der Waals surface area contributed by atoms with E-state index in [1.807, 2.05) is 24.3 Å². The van der Waals surface area contributed by atoms with E-state index in [1.165, 1.54) is 11.8 Å². The van der Waals surface area contributed by atoms with Crippen molar-refractivity contribution in [1.29, 1.82) is 5.26 Å². The van der Waals surface area contributed by atoms with Crippen LogP contribution in [0, 0.1) is 11.3 Å². The largest absolute Gasteiger partial charge is 0.368 e. The molecule has 0 spiro atoms. The normalized spacial score (nSPS) is 10.8. The fourth-order valence-corrected chi connectivity index (χ4v) is 1.78. The van der Waals surface area contributed by atoms with Crippen LogP contribution in [-0.2, 0) is 5.41 Å². The highest BCUT2D eigenvalue weighted by Gasteiger charge is 2.20. The first kappa shape index (κ1) is 13.0. The van der Waals surface area contributed by atoms with E-state index in [-0.39, 0.29) is 5.41 Å². The topological polar surface area (TPSA) is 61.6 Å². The van der Waals surface area contributed by atoms with Crippen molar-refractivity contribution in [3.8, 4) is 6.07 Å². The second-order valence-corrected chi connectivity index (χ2v) is 5.00.